The van der Waals surface area contributed by atoms with Crippen LogP contribution in [0.2, 0.25) is 0 Å². The smallest absolute Gasteiger partial charge is 0.471 e. The fourth-order valence-corrected chi connectivity index (χ4v) is 1.97. The molecule has 0 aliphatic carbocycles. The summed E-state index contributed by atoms with van der Waals surface area (Å²) < 4.78 is 16.3. The summed E-state index contributed by atoms with van der Waals surface area (Å²) in [5, 5.41) is 5.84. The van der Waals surface area contributed by atoms with Gasteiger partial charge in [-0.2, -0.15) is 9.98 Å². The Morgan fingerprint density at radius 1 is 1.05 bits per heavy atom. The van der Waals surface area contributed by atoms with Crippen molar-refractivity contribution in [2.45, 2.75) is 6.35 Å². The second-order valence-electron chi connectivity index (χ2n) is 3.97. The Kier molecular flexibility index (Phi) is 4.59. The number of hydrogen-bond acceptors (Lipinski definition) is 9. The van der Waals surface area contributed by atoms with E-state index >= 15 is 0 Å². The summed E-state index contributed by atoms with van der Waals surface area (Å²) in [5.74, 6) is 0. The first-order chi connectivity index (χ1) is 10.6. The summed E-state index contributed by atoms with van der Waals surface area (Å²) in [6.45, 7) is 0.485. The fourth-order valence-electron chi connectivity index (χ4n) is 1.52. The van der Waals surface area contributed by atoms with E-state index in [1.807, 2.05) is 0 Å². The second-order valence-corrected chi connectivity index (χ2v) is 5.30. The normalized spacial score (nSPS) is 22.7. The summed E-state index contributed by atoms with van der Waals surface area (Å²) in [6.07, 6.45) is 2.17. The van der Waals surface area contributed by atoms with Crippen molar-refractivity contribution in [3.63, 3.8) is 0 Å². The minimum Gasteiger partial charge on any atom is -0.471 e. The lowest BCUT2D eigenvalue weighted by Crippen LogP contribution is -2.43. The molecule has 3 aliphatic rings. The molecule has 1 unspecified atom stereocenters. The van der Waals surface area contributed by atoms with Crippen LogP contribution < -0.4 is 10.6 Å². The number of nitrogens with one attached hydrogen (secondary N) is 2. The zero-order valence-corrected chi connectivity index (χ0v) is 13.2. The number of hydrogen-bond donors (Lipinski definition) is 2. The summed E-state index contributed by atoms with van der Waals surface area (Å²) in [5.41, 5.74) is 0. The van der Waals surface area contributed by atoms with E-state index in [2.05, 4.69) is 30.6 Å². The van der Waals surface area contributed by atoms with Gasteiger partial charge in [0.2, 0.25) is 0 Å². The molecule has 0 radical (unpaired) electrons. The Morgan fingerprint density at radius 3 is 2.05 bits per heavy atom. The maximum absolute atomic E-state index is 5.53. The molecule has 9 nitrogen and oxygen atoms in total. The quantitative estimate of drug-likeness (QED) is 0.508. The van der Waals surface area contributed by atoms with Gasteiger partial charge < -0.3 is 19.3 Å². The van der Waals surface area contributed by atoms with E-state index in [-0.39, 0.29) is 12.0 Å². The van der Waals surface area contributed by atoms with Gasteiger partial charge in [0.15, 0.2) is 6.35 Å². The van der Waals surface area contributed by atoms with E-state index in [1.165, 1.54) is 12.4 Å². The van der Waals surface area contributed by atoms with Crippen LogP contribution in [-0.2, 0) is 14.0 Å². The number of amidine groups is 2. The number of aliphatic imine (C=N–C) groups is 4. The van der Waals surface area contributed by atoms with Gasteiger partial charge in [-0.05, 0) is 0 Å². The first-order valence-corrected chi connectivity index (χ1v) is 7.16. The van der Waals surface area contributed by atoms with Crippen molar-refractivity contribution in [1.82, 2.24) is 10.6 Å². The van der Waals surface area contributed by atoms with Crippen molar-refractivity contribution in [3.8, 4) is 0 Å². The lowest BCUT2D eigenvalue weighted by atomic mass is 10.2. The third-order valence-corrected chi connectivity index (χ3v) is 3.03. The molecular formula is C9H7BN6O3S3. The molecule has 0 spiro atoms. The van der Waals surface area contributed by atoms with Crippen molar-refractivity contribution in [2.24, 2.45) is 20.0 Å². The highest BCUT2D eigenvalue weighted by Crippen LogP contribution is 2.06. The van der Waals surface area contributed by atoms with Gasteiger partial charge in [-0.15, -0.1) is 0 Å². The Hall–Kier alpha value is -1.67. The van der Waals surface area contributed by atoms with Gasteiger partial charge in [0, 0.05) is 0 Å². The maximum Gasteiger partial charge on any atom is 0.794 e. The molecule has 1 saturated heterocycles. The van der Waals surface area contributed by atoms with Gasteiger partial charge in [-0.25, -0.2) is 9.98 Å². The molecule has 112 valence electrons. The van der Waals surface area contributed by atoms with Gasteiger partial charge in [0.25, 0.3) is 0 Å². The van der Waals surface area contributed by atoms with Crippen molar-refractivity contribution in [3.05, 3.63) is 0 Å². The average molecular weight is 354 g/mol. The first kappa shape index (κ1) is 15.2. The maximum atomic E-state index is 5.53. The Bertz CT molecular complexity index is 621. The first-order valence-electron chi connectivity index (χ1n) is 5.93. The van der Waals surface area contributed by atoms with E-state index in [0.29, 0.717) is 21.5 Å². The number of thiocarbonyl (C=S) groups is 3. The average Bonchev–Trinajstić information content (AvgIpc) is 3.14. The van der Waals surface area contributed by atoms with E-state index in [4.69, 9.17) is 50.6 Å². The largest absolute Gasteiger partial charge is 0.794 e. The van der Waals surface area contributed by atoms with Crippen LogP contribution in [0.5, 0.6) is 0 Å². The van der Waals surface area contributed by atoms with Crippen molar-refractivity contribution in [1.29, 1.82) is 0 Å². The standard InChI is InChI=1S/C9H7BN6O3S3/c20-4-1-11-7(14-4)17-10(18-8-12-2-5(21)15-8)19-9-13-3-6(22)16-9/h1-2,9,13H,3H2,(H,16,22). The Labute approximate surface area is 141 Å². The van der Waals surface area contributed by atoms with Crippen molar-refractivity contribution < 1.29 is 14.0 Å². The topological polar surface area (TPSA) is 101 Å². The highest BCUT2D eigenvalue weighted by atomic mass is 32.1. The summed E-state index contributed by atoms with van der Waals surface area (Å²) in [4.78, 5) is 16.7. The van der Waals surface area contributed by atoms with Gasteiger partial charge in [0.05, 0.1) is 24.0 Å². The number of nitrogens with zero attached hydrogens (tertiary/aromatic N) is 4. The predicted octanol–water partition coefficient (Wildman–Crippen LogP) is -0.640. The Morgan fingerprint density at radius 2 is 1.64 bits per heavy atom. The van der Waals surface area contributed by atoms with Crippen LogP contribution in [0.25, 0.3) is 0 Å². The molecule has 2 N–H and O–H groups in total. The SMILES string of the molecule is S=C1C=NC(OB(OC2=NC(=S)C=N2)OC2NCC(=S)N2)=N1. The van der Waals surface area contributed by atoms with Crippen LogP contribution in [-0.4, -0.2) is 59.7 Å². The molecule has 3 heterocycles. The van der Waals surface area contributed by atoms with Crippen LogP contribution in [0.4, 0.5) is 0 Å². The van der Waals surface area contributed by atoms with Crippen LogP contribution >= 0.6 is 36.7 Å². The van der Waals surface area contributed by atoms with E-state index in [1.54, 1.807) is 0 Å². The van der Waals surface area contributed by atoms with Gasteiger partial charge in [-0.3, -0.25) is 5.32 Å². The zero-order chi connectivity index (χ0) is 15.5. The lowest BCUT2D eigenvalue weighted by molar-refractivity contribution is 0.102. The van der Waals surface area contributed by atoms with E-state index in [0.717, 1.165) is 0 Å². The molecule has 3 rings (SSSR count). The van der Waals surface area contributed by atoms with Gasteiger partial charge >= 0.3 is 19.4 Å². The molecule has 0 aromatic rings. The summed E-state index contributed by atoms with van der Waals surface area (Å²) in [6, 6.07) is 0.0291. The second kappa shape index (κ2) is 6.62. The van der Waals surface area contributed by atoms with Crippen LogP contribution in [0.1, 0.15) is 0 Å². The molecule has 0 aromatic carbocycles. The monoisotopic (exact) mass is 354 g/mol. The minimum atomic E-state index is -1.22. The van der Waals surface area contributed by atoms with Crippen molar-refractivity contribution in [2.75, 3.05) is 6.54 Å². The molecule has 1 fully saturated rings. The van der Waals surface area contributed by atoms with Crippen LogP contribution in [0.3, 0.4) is 0 Å². The summed E-state index contributed by atoms with van der Waals surface area (Å²) >= 11 is 14.7. The van der Waals surface area contributed by atoms with Gasteiger partial charge in [-0.1, -0.05) is 36.7 Å². The molecule has 3 aliphatic heterocycles. The third kappa shape index (κ3) is 3.95. The highest BCUT2D eigenvalue weighted by Gasteiger charge is 2.36. The molecule has 0 amide bonds. The van der Waals surface area contributed by atoms with E-state index in [9.17, 15) is 0 Å². The van der Waals surface area contributed by atoms with E-state index < -0.39 is 13.7 Å². The third-order valence-electron chi connectivity index (χ3n) is 2.37. The molecule has 0 saturated carbocycles. The van der Waals surface area contributed by atoms with Crippen LogP contribution in [0, 0.1) is 0 Å². The summed E-state index contributed by atoms with van der Waals surface area (Å²) in [7, 11) is -1.22. The Balaban J connectivity index is 1.66. The molecule has 13 heteroatoms. The highest BCUT2D eigenvalue weighted by molar-refractivity contribution is 7.82. The lowest BCUT2D eigenvalue weighted by Gasteiger charge is -2.17. The molecular weight excluding hydrogens is 347 g/mol. The zero-order valence-electron chi connectivity index (χ0n) is 10.8. The number of rotatable bonds is 4. The predicted molar refractivity (Wildman–Crippen MR) is 93.6 cm³/mol. The minimum absolute atomic E-state index is 0.0146. The molecule has 0 bridgehead atoms. The molecule has 1 atom stereocenters. The fraction of sp³-hybridized carbons (Fsp3) is 0.222. The molecule has 22 heavy (non-hydrogen) atoms. The van der Waals surface area contributed by atoms with Crippen molar-refractivity contribution >= 4 is 83.4 Å². The van der Waals surface area contributed by atoms with Crippen LogP contribution in [0.15, 0.2) is 20.0 Å². The van der Waals surface area contributed by atoms with Gasteiger partial charge in [0.1, 0.15) is 9.98 Å². The molecule has 0 aromatic heterocycles.